The second-order valence-electron chi connectivity index (χ2n) is 3.97. The molecular weight excluding hydrogens is 287 g/mol. The summed E-state index contributed by atoms with van der Waals surface area (Å²) < 4.78 is 0. The van der Waals surface area contributed by atoms with Gasteiger partial charge in [0.15, 0.2) is 0 Å². The Balaban J connectivity index is 2.06. The molecule has 0 saturated heterocycles. The Morgan fingerprint density at radius 2 is 1.95 bits per heavy atom. The van der Waals surface area contributed by atoms with Crippen LogP contribution in [0.4, 0.5) is 5.69 Å². The summed E-state index contributed by atoms with van der Waals surface area (Å²) in [7, 11) is 0. The average molecular weight is 299 g/mol. The predicted octanol–water partition coefficient (Wildman–Crippen LogP) is 3.11. The van der Waals surface area contributed by atoms with E-state index in [0.717, 1.165) is 5.56 Å². The molecule has 19 heavy (non-hydrogen) atoms. The molecule has 1 amide bonds. The first-order valence-electron chi connectivity index (χ1n) is 5.65. The third kappa shape index (κ3) is 3.50. The maximum Gasteiger partial charge on any atom is 0.272 e. The molecule has 1 aromatic heterocycles. The molecule has 0 bridgehead atoms. The van der Waals surface area contributed by atoms with E-state index in [4.69, 9.17) is 28.3 Å². The molecule has 6 heteroatoms. The summed E-state index contributed by atoms with van der Waals surface area (Å²) in [6, 6.07) is 8.71. The van der Waals surface area contributed by atoms with Crippen molar-refractivity contribution < 1.29 is 9.90 Å². The molecule has 2 aromatic rings. The largest absolute Gasteiger partial charge is 0.396 e. The Morgan fingerprint density at radius 1 is 1.26 bits per heavy atom. The van der Waals surface area contributed by atoms with Gasteiger partial charge < -0.3 is 15.4 Å². The van der Waals surface area contributed by atoms with Crippen LogP contribution in [0.5, 0.6) is 0 Å². The first-order valence-corrected chi connectivity index (χ1v) is 6.41. The smallest absolute Gasteiger partial charge is 0.272 e. The number of aliphatic hydroxyl groups is 1. The predicted molar refractivity (Wildman–Crippen MR) is 76.0 cm³/mol. The molecule has 0 atom stereocenters. The highest BCUT2D eigenvalue weighted by molar-refractivity contribution is 6.41. The Bertz CT molecular complexity index is 559. The fraction of sp³-hybridized carbons (Fsp3) is 0.154. The number of aromatic nitrogens is 1. The normalized spacial score (nSPS) is 10.5. The molecule has 1 aromatic carbocycles. The molecule has 0 spiro atoms. The first-order chi connectivity index (χ1) is 9.10. The minimum Gasteiger partial charge on any atom is -0.396 e. The van der Waals surface area contributed by atoms with E-state index in [0.29, 0.717) is 22.8 Å². The molecule has 1 heterocycles. The van der Waals surface area contributed by atoms with Crippen LogP contribution < -0.4 is 5.32 Å². The SMILES string of the molecule is O=C(Nc1ccc(CCO)cc1)c1cc(Cl)c(Cl)[nH]1. The fourth-order valence-corrected chi connectivity index (χ4v) is 1.92. The molecule has 0 radical (unpaired) electrons. The number of carbonyl (C=O) groups is 1. The summed E-state index contributed by atoms with van der Waals surface area (Å²) in [6.07, 6.45) is 0.593. The van der Waals surface area contributed by atoms with Gasteiger partial charge in [0, 0.05) is 12.3 Å². The van der Waals surface area contributed by atoms with Crippen LogP contribution in [-0.2, 0) is 6.42 Å². The summed E-state index contributed by atoms with van der Waals surface area (Å²) >= 11 is 11.5. The lowest BCUT2D eigenvalue weighted by molar-refractivity contribution is 0.102. The van der Waals surface area contributed by atoms with Crippen molar-refractivity contribution in [3.8, 4) is 0 Å². The summed E-state index contributed by atoms with van der Waals surface area (Å²) in [5, 5.41) is 12.1. The molecule has 100 valence electrons. The van der Waals surface area contributed by atoms with Gasteiger partial charge in [-0.2, -0.15) is 0 Å². The van der Waals surface area contributed by atoms with E-state index >= 15 is 0 Å². The molecule has 0 saturated carbocycles. The van der Waals surface area contributed by atoms with Gasteiger partial charge in [0.05, 0.1) is 5.02 Å². The van der Waals surface area contributed by atoms with Crippen LogP contribution in [0.15, 0.2) is 30.3 Å². The second kappa shape index (κ2) is 6.10. The minimum absolute atomic E-state index is 0.102. The molecule has 0 unspecified atom stereocenters. The number of H-pyrrole nitrogens is 1. The number of nitrogens with one attached hydrogen (secondary N) is 2. The van der Waals surface area contributed by atoms with Crippen molar-refractivity contribution in [3.63, 3.8) is 0 Å². The second-order valence-corrected chi connectivity index (χ2v) is 4.75. The van der Waals surface area contributed by atoms with Crippen molar-refractivity contribution >= 4 is 34.8 Å². The van der Waals surface area contributed by atoms with Gasteiger partial charge in [-0.15, -0.1) is 0 Å². The molecule has 3 N–H and O–H groups in total. The Morgan fingerprint density at radius 3 is 2.47 bits per heavy atom. The van der Waals surface area contributed by atoms with Crippen molar-refractivity contribution in [2.75, 3.05) is 11.9 Å². The molecule has 0 aliphatic carbocycles. The number of aromatic amines is 1. The molecule has 2 rings (SSSR count). The Hall–Kier alpha value is -1.49. The van der Waals surface area contributed by atoms with Crippen LogP contribution in [-0.4, -0.2) is 22.6 Å². The van der Waals surface area contributed by atoms with Crippen LogP contribution in [0.3, 0.4) is 0 Å². The van der Waals surface area contributed by atoms with Gasteiger partial charge in [-0.3, -0.25) is 4.79 Å². The van der Waals surface area contributed by atoms with Gasteiger partial charge in [0.1, 0.15) is 10.8 Å². The van der Waals surface area contributed by atoms with Gasteiger partial charge >= 0.3 is 0 Å². The average Bonchev–Trinajstić information content (AvgIpc) is 2.72. The van der Waals surface area contributed by atoms with Gasteiger partial charge in [-0.25, -0.2) is 0 Å². The van der Waals surface area contributed by atoms with Gasteiger partial charge in [-0.05, 0) is 30.2 Å². The molecule has 4 nitrogen and oxygen atoms in total. The van der Waals surface area contributed by atoms with E-state index in [1.165, 1.54) is 6.07 Å². The van der Waals surface area contributed by atoms with Crippen LogP contribution in [0.25, 0.3) is 0 Å². The van der Waals surface area contributed by atoms with Gasteiger partial charge in [-0.1, -0.05) is 35.3 Å². The van der Waals surface area contributed by atoms with Crippen molar-refractivity contribution in [1.29, 1.82) is 0 Å². The van der Waals surface area contributed by atoms with Gasteiger partial charge in [0.25, 0.3) is 5.91 Å². The van der Waals surface area contributed by atoms with E-state index in [2.05, 4.69) is 10.3 Å². The van der Waals surface area contributed by atoms with E-state index in [1.807, 2.05) is 12.1 Å². The van der Waals surface area contributed by atoms with Crippen molar-refractivity contribution in [1.82, 2.24) is 4.98 Å². The molecule has 0 aliphatic rings. The zero-order valence-electron chi connectivity index (χ0n) is 9.91. The highest BCUT2D eigenvalue weighted by Crippen LogP contribution is 2.22. The summed E-state index contributed by atoms with van der Waals surface area (Å²) in [4.78, 5) is 14.6. The van der Waals surface area contributed by atoms with E-state index in [-0.39, 0.29) is 17.7 Å². The fourth-order valence-electron chi connectivity index (χ4n) is 1.61. The maximum atomic E-state index is 11.9. The number of benzene rings is 1. The summed E-state index contributed by atoms with van der Waals surface area (Å²) in [5.41, 5.74) is 1.97. The first kappa shape index (κ1) is 13.9. The number of rotatable bonds is 4. The lowest BCUT2D eigenvalue weighted by Gasteiger charge is -2.05. The number of halogens is 2. The molecular formula is C13H12Cl2N2O2. The van der Waals surface area contributed by atoms with Crippen molar-refractivity contribution in [2.24, 2.45) is 0 Å². The zero-order valence-corrected chi connectivity index (χ0v) is 11.4. The van der Waals surface area contributed by atoms with E-state index < -0.39 is 0 Å². The van der Waals surface area contributed by atoms with Crippen molar-refractivity contribution in [3.05, 3.63) is 51.8 Å². The lowest BCUT2D eigenvalue weighted by atomic mass is 10.1. The highest BCUT2D eigenvalue weighted by Gasteiger charge is 2.11. The number of aliphatic hydroxyl groups excluding tert-OH is 1. The number of hydrogen-bond donors (Lipinski definition) is 3. The van der Waals surface area contributed by atoms with Crippen LogP contribution >= 0.6 is 23.2 Å². The van der Waals surface area contributed by atoms with E-state index in [9.17, 15) is 4.79 Å². The zero-order chi connectivity index (χ0) is 13.8. The Kier molecular flexibility index (Phi) is 4.47. The third-order valence-electron chi connectivity index (χ3n) is 2.58. The third-order valence-corrected chi connectivity index (χ3v) is 3.27. The minimum atomic E-state index is -0.316. The molecule has 0 fully saturated rings. The number of anilines is 1. The number of hydrogen-bond acceptors (Lipinski definition) is 2. The quantitative estimate of drug-likeness (QED) is 0.812. The summed E-state index contributed by atoms with van der Waals surface area (Å²) in [6.45, 7) is 0.102. The maximum absolute atomic E-state index is 11.9. The van der Waals surface area contributed by atoms with Crippen molar-refractivity contribution in [2.45, 2.75) is 6.42 Å². The van der Waals surface area contributed by atoms with E-state index in [1.54, 1.807) is 12.1 Å². The topological polar surface area (TPSA) is 65.1 Å². The Labute approximate surface area is 120 Å². The number of carbonyl (C=O) groups excluding carboxylic acids is 1. The summed E-state index contributed by atoms with van der Waals surface area (Å²) in [5.74, 6) is -0.316. The van der Waals surface area contributed by atoms with Crippen LogP contribution in [0, 0.1) is 0 Å². The lowest BCUT2D eigenvalue weighted by Crippen LogP contribution is -2.12. The monoisotopic (exact) mass is 298 g/mol. The highest BCUT2D eigenvalue weighted by atomic mass is 35.5. The molecule has 0 aliphatic heterocycles. The van der Waals surface area contributed by atoms with Gasteiger partial charge in [0.2, 0.25) is 0 Å². The van der Waals surface area contributed by atoms with Crippen LogP contribution in [0.1, 0.15) is 16.1 Å². The standard InChI is InChI=1S/C13H12Cl2N2O2/c14-10-7-11(17-12(10)15)13(19)16-9-3-1-8(2-4-9)5-6-18/h1-4,7,17-18H,5-6H2,(H,16,19). The van der Waals surface area contributed by atoms with Crippen LogP contribution in [0.2, 0.25) is 10.2 Å². The number of amides is 1.